The predicted octanol–water partition coefficient (Wildman–Crippen LogP) is 3.76. The van der Waals surface area contributed by atoms with Gasteiger partial charge in [0.1, 0.15) is 5.76 Å². The van der Waals surface area contributed by atoms with Crippen molar-refractivity contribution >= 4 is 17.3 Å². The van der Waals surface area contributed by atoms with E-state index in [-0.39, 0.29) is 11.9 Å². The third kappa shape index (κ3) is 3.59. The average Bonchev–Trinajstić information content (AvgIpc) is 3.14. The summed E-state index contributed by atoms with van der Waals surface area (Å²) in [6.45, 7) is 2.04. The minimum Gasteiger partial charge on any atom is -0.404 e. The maximum atomic E-state index is 12.9. The second-order valence-corrected chi connectivity index (χ2v) is 7.53. The van der Waals surface area contributed by atoms with Crippen molar-refractivity contribution in [1.29, 1.82) is 0 Å². The summed E-state index contributed by atoms with van der Waals surface area (Å²) in [5.41, 5.74) is 11.2. The molecule has 1 aromatic carbocycles. The van der Waals surface area contributed by atoms with E-state index in [9.17, 15) is 4.79 Å². The lowest BCUT2D eigenvalue weighted by Gasteiger charge is -2.27. The van der Waals surface area contributed by atoms with Crippen molar-refractivity contribution in [3.63, 3.8) is 0 Å². The van der Waals surface area contributed by atoms with Crippen LogP contribution in [0.5, 0.6) is 0 Å². The molecule has 1 unspecified atom stereocenters. The van der Waals surface area contributed by atoms with Crippen LogP contribution < -0.4 is 11.1 Å². The molecule has 1 heterocycles. The number of hydrogen-bond acceptors (Lipinski definition) is 5. The molecule has 4 rings (SSSR count). The second kappa shape index (κ2) is 8.00. The van der Waals surface area contributed by atoms with Crippen molar-refractivity contribution in [3.8, 4) is 0 Å². The third-order valence-electron chi connectivity index (χ3n) is 5.64. The number of hydrogen-bond donors (Lipinski definition) is 2. The standard InChI is InChI=1S/C22H26N4O2/c1-14-7-2-4-9-17(14)24-18-10-6-11-19(16(18)13-23)25-22(27)21-15-8-3-5-12-20(15)28-26-21/h2,4,7,9,13,19H,3,5-6,8,10-12,23H2,1H3,(H,25,27). The van der Waals surface area contributed by atoms with E-state index in [1.165, 1.54) is 0 Å². The van der Waals surface area contributed by atoms with E-state index in [4.69, 9.17) is 15.2 Å². The number of nitrogens with zero attached hydrogens (tertiary/aromatic N) is 2. The molecule has 1 aromatic heterocycles. The van der Waals surface area contributed by atoms with E-state index in [0.717, 1.165) is 78.8 Å². The topological polar surface area (TPSA) is 93.5 Å². The van der Waals surface area contributed by atoms with Crippen LogP contribution in [0, 0.1) is 6.92 Å². The molecule has 2 aliphatic rings. The number of benzene rings is 1. The number of aliphatic imine (C=N–C) groups is 1. The second-order valence-electron chi connectivity index (χ2n) is 7.53. The summed E-state index contributed by atoms with van der Waals surface area (Å²) in [6, 6.07) is 7.86. The Hall–Kier alpha value is -2.89. The molecule has 1 saturated carbocycles. The Morgan fingerprint density at radius 1 is 1.25 bits per heavy atom. The molecule has 1 amide bonds. The Morgan fingerprint density at radius 3 is 2.89 bits per heavy atom. The monoisotopic (exact) mass is 378 g/mol. The number of rotatable bonds is 3. The highest BCUT2D eigenvalue weighted by atomic mass is 16.5. The van der Waals surface area contributed by atoms with E-state index in [0.29, 0.717) is 5.69 Å². The number of carbonyl (C=O) groups excluding carboxylic acids is 1. The normalized spacial score (nSPS) is 22.2. The van der Waals surface area contributed by atoms with Crippen LogP contribution in [0.4, 0.5) is 5.69 Å². The molecular formula is C22H26N4O2. The van der Waals surface area contributed by atoms with Crippen molar-refractivity contribution in [2.45, 2.75) is 57.9 Å². The number of fused-ring (bicyclic) bond motifs is 1. The van der Waals surface area contributed by atoms with Gasteiger partial charge in [0.05, 0.1) is 11.7 Å². The molecule has 0 saturated heterocycles. The number of nitrogens with one attached hydrogen (secondary N) is 1. The first-order chi connectivity index (χ1) is 13.7. The largest absolute Gasteiger partial charge is 0.404 e. The first-order valence-corrected chi connectivity index (χ1v) is 10.0. The third-order valence-corrected chi connectivity index (χ3v) is 5.64. The molecule has 1 fully saturated rings. The van der Waals surface area contributed by atoms with E-state index in [2.05, 4.69) is 10.5 Å². The maximum absolute atomic E-state index is 12.9. The van der Waals surface area contributed by atoms with Crippen molar-refractivity contribution < 1.29 is 9.32 Å². The van der Waals surface area contributed by atoms with Gasteiger partial charge in [0, 0.05) is 29.5 Å². The van der Waals surface area contributed by atoms with E-state index >= 15 is 0 Å². The smallest absolute Gasteiger partial charge is 0.274 e. The van der Waals surface area contributed by atoms with Gasteiger partial charge < -0.3 is 15.6 Å². The summed E-state index contributed by atoms with van der Waals surface area (Å²) in [6.07, 6.45) is 8.09. The highest BCUT2D eigenvalue weighted by molar-refractivity contribution is 6.04. The predicted molar refractivity (Wildman–Crippen MR) is 109 cm³/mol. The van der Waals surface area contributed by atoms with Gasteiger partial charge in [-0.1, -0.05) is 23.4 Å². The summed E-state index contributed by atoms with van der Waals surface area (Å²) in [5, 5.41) is 7.16. The number of carbonyl (C=O) groups is 1. The minimum absolute atomic E-state index is 0.162. The first-order valence-electron chi connectivity index (χ1n) is 10.0. The molecule has 0 radical (unpaired) electrons. The van der Waals surface area contributed by atoms with Crippen LogP contribution >= 0.6 is 0 Å². The lowest BCUT2D eigenvalue weighted by Crippen LogP contribution is -2.41. The lowest BCUT2D eigenvalue weighted by molar-refractivity contribution is 0.0931. The van der Waals surface area contributed by atoms with Gasteiger partial charge in [0.25, 0.3) is 5.91 Å². The Bertz CT molecular complexity index is 942. The summed E-state index contributed by atoms with van der Waals surface area (Å²) in [7, 11) is 0. The Morgan fingerprint density at radius 2 is 2.07 bits per heavy atom. The lowest BCUT2D eigenvalue weighted by atomic mass is 9.88. The molecule has 146 valence electrons. The van der Waals surface area contributed by atoms with Crippen LogP contribution in [0.15, 0.2) is 45.6 Å². The Labute approximate surface area is 164 Å². The SMILES string of the molecule is Cc1ccccc1N=C1CCCC(NC(=O)c2noc3c2CCCC3)C1=CN. The van der Waals surface area contributed by atoms with Crippen LogP contribution in [-0.2, 0) is 12.8 Å². The van der Waals surface area contributed by atoms with Gasteiger partial charge >= 0.3 is 0 Å². The molecule has 3 N–H and O–H groups in total. The highest BCUT2D eigenvalue weighted by Gasteiger charge is 2.29. The number of para-hydroxylation sites is 1. The number of amides is 1. The summed E-state index contributed by atoms with van der Waals surface area (Å²) < 4.78 is 5.39. The van der Waals surface area contributed by atoms with E-state index in [1.807, 2.05) is 31.2 Å². The maximum Gasteiger partial charge on any atom is 0.274 e. The molecule has 0 aliphatic heterocycles. The molecule has 0 bridgehead atoms. The van der Waals surface area contributed by atoms with Crippen LogP contribution in [-0.4, -0.2) is 22.8 Å². The Balaban J connectivity index is 1.55. The van der Waals surface area contributed by atoms with E-state index < -0.39 is 0 Å². The quantitative estimate of drug-likeness (QED) is 0.850. The number of aromatic nitrogens is 1. The van der Waals surface area contributed by atoms with Crippen LogP contribution in [0.2, 0.25) is 0 Å². The number of nitrogens with two attached hydrogens (primary N) is 1. The zero-order valence-electron chi connectivity index (χ0n) is 16.2. The van der Waals surface area contributed by atoms with Crippen molar-refractivity contribution in [2.24, 2.45) is 10.7 Å². The van der Waals surface area contributed by atoms with Crippen molar-refractivity contribution in [3.05, 3.63) is 58.6 Å². The van der Waals surface area contributed by atoms with Gasteiger partial charge in [-0.05, 0) is 57.1 Å². The fraction of sp³-hybridized carbons (Fsp3) is 0.409. The fourth-order valence-electron chi connectivity index (χ4n) is 4.08. The van der Waals surface area contributed by atoms with Gasteiger partial charge in [-0.15, -0.1) is 0 Å². The van der Waals surface area contributed by atoms with Crippen LogP contribution in [0.25, 0.3) is 0 Å². The molecule has 2 aliphatic carbocycles. The zero-order valence-corrected chi connectivity index (χ0v) is 16.2. The van der Waals surface area contributed by atoms with Gasteiger partial charge in [0.15, 0.2) is 5.69 Å². The fourth-order valence-corrected chi connectivity index (χ4v) is 4.08. The molecule has 6 heteroatoms. The Kier molecular flexibility index (Phi) is 5.28. The first kappa shape index (κ1) is 18.5. The summed E-state index contributed by atoms with van der Waals surface area (Å²) >= 11 is 0. The highest BCUT2D eigenvalue weighted by Crippen LogP contribution is 2.28. The molecular weight excluding hydrogens is 352 g/mol. The minimum atomic E-state index is -0.187. The average molecular weight is 378 g/mol. The van der Waals surface area contributed by atoms with Gasteiger partial charge in [0.2, 0.25) is 0 Å². The van der Waals surface area contributed by atoms with E-state index in [1.54, 1.807) is 6.20 Å². The summed E-state index contributed by atoms with van der Waals surface area (Å²) in [4.78, 5) is 17.7. The van der Waals surface area contributed by atoms with Gasteiger partial charge in [-0.2, -0.15) is 0 Å². The van der Waals surface area contributed by atoms with Gasteiger partial charge in [-0.3, -0.25) is 9.79 Å². The number of aryl methyl sites for hydroxylation is 2. The van der Waals surface area contributed by atoms with Crippen LogP contribution in [0.1, 0.15) is 59.5 Å². The van der Waals surface area contributed by atoms with Gasteiger partial charge in [-0.25, -0.2) is 0 Å². The zero-order chi connectivity index (χ0) is 19.5. The van der Waals surface area contributed by atoms with Crippen molar-refractivity contribution in [1.82, 2.24) is 10.5 Å². The molecule has 6 nitrogen and oxygen atoms in total. The van der Waals surface area contributed by atoms with Crippen LogP contribution in [0.3, 0.4) is 0 Å². The van der Waals surface area contributed by atoms with Crippen molar-refractivity contribution in [2.75, 3.05) is 0 Å². The molecule has 28 heavy (non-hydrogen) atoms. The molecule has 1 atom stereocenters. The molecule has 2 aromatic rings. The summed E-state index contributed by atoms with van der Waals surface area (Å²) in [5.74, 6) is 0.671. The molecule has 0 spiro atoms.